The molecular formula is C14H20N2O2S. The zero-order valence-corrected chi connectivity index (χ0v) is 11.8. The molecule has 1 amide bonds. The molecule has 4 nitrogen and oxygen atoms in total. The molecule has 0 aromatic heterocycles. The SMILES string of the molecule is O=C(CSCCO)N1CCN(c2ccccc2)CC1. The minimum absolute atomic E-state index is 0.139. The van der Waals surface area contributed by atoms with E-state index in [1.165, 1.54) is 17.4 Å². The van der Waals surface area contributed by atoms with Crippen molar-refractivity contribution in [2.24, 2.45) is 0 Å². The number of benzene rings is 1. The average Bonchev–Trinajstić information content (AvgIpc) is 2.48. The maximum Gasteiger partial charge on any atom is 0.232 e. The van der Waals surface area contributed by atoms with Crippen LogP contribution in [0.25, 0.3) is 0 Å². The van der Waals surface area contributed by atoms with Gasteiger partial charge in [0.1, 0.15) is 0 Å². The van der Waals surface area contributed by atoms with Gasteiger partial charge in [0.05, 0.1) is 12.4 Å². The number of anilines is 1. The van der Waals surface area contributed by atoms with Gasteiger partial charge in [-0.2, -0.15) is 0 Å². The highest BCUT2D eigenvalue weighted by Crippen LogP contribution is 2.16. The van der Waals surface area contributed by atoms with Crippen LogP contribution < -0.4 is 4.90 Å². The molecule has 1 aromatic rings. The zero-order chi connectivity index (χ0) is 13.5. The van der Waals surface area contributed by atoms with Gasteiger partial charge in [-0.3, -0.25) is 4.79 Å². The number of aliphatic hydroxyl groups is 1. The summed E-state index contributed by atoms with van der Waals surface area (Å²) < 4.78 is 0. The first-order valence-corrected chi connectivity index (χ1v) is 7.73. The molecule has 19 heavy (non-hydrogen) atoms. The number of amides is 1. The maximum atomic E-state index is 11.9. The number of hydrogen-bond donors (Lipinski definition) is 1. The minimum atomic E-state index is 0.139. The van der Waals surface area contributed by atoms with Crippen LogP contribution in [-0.4, -0.2) is 60.2 Å². The molecular weight excluding hydrogens is 260 g/mol. The molecule has 0 bridgehead atoms. The van der Waals surface area contributed by atoms with E-state index in [4.69, 9.17) is 5.11 Å². The summed E-state index contributed by atoms with van der Waals surface area (Å²) in [6.07, 6.45) is 0. The Hall–Kier alpha value is -1.20. The second kappa shape index (κ2) is 7.40. The lowest BCUT2D eigenvalue weighted by atomic mass is 10.2. The van der Waals surface area contributed by atoms with Crippen LogP contribution in [0.2, 0.25) is 0 Å². The molecule has 1 aromatic carbocycles. The third-order valence-electron chi connectivity index (χ3n) is 3.21. The zero-order valence-electron chi connectivity index (χ0n) is 11.0. The second-order valence-corrected chi connectivity index (χ2v) is 5.58. The van der Waals surface area contributed by atoms with Crippen molar-refractivity contribution in [3.63, 3.8) is 0 Å². The van der Waals surface area contributed by atoms with Crippen LogP contribution in [0.15, 0.2) is 30.3 Å². The number of nitrogens with zero attached hydrogens (tertiary/aromatic N) is 2. The lowest BCUT2D eigenvalue weighted by Crippen LogP contribution is -2.49. The van der Waals surface area contributed by atoms with Crippen LogP contribution in [0, 0.1) is 0 Å². The summed E-state index contributed by atoms with van der Waals surface area (Å²) in [5.74, 6) is 1.30. The Morgan fingerprint density at radius 1 is 1.16 bits per heavy atom. The van der Waals surface area contributed by atoms with Crippen LogP contribution >= 0.6 is 11.8 Å². The van der Waals surface area contributed by atoms with Crippen molar-refractivity contribution in [3.05, 3.63) is 30.3 Å². The normalized spacial score (nSPS) is 15.6. The molecule has 104 valence electrons. The number of hydrogen-bond acceptors (Lipinski definition) is 4. The largest absolute Gasteiger partial charge is 0.396 e. The van der Waals surface area contributed by atoms with Crippen molar-refractivity contribution in [3.8, 4) is 0 Å². The first-order valence-electron chi connectivity index (χ1n) is 6.57. The first-order chi connectivity index (χ1) is 9.31. The Balaban J connectivity index is 1.77. The number of carbonyl (C=O) groups excluding carboxylic acids is 1. The van der Waals surface area contributed by atoms with E-state index in [-0.39, 0.29) is 12.5 Å². The van der Waals surface area contributed by atoms with Gasteiger partial charge in [-0.15, -0.1) is 11.8 Å². The van der Waals surface area contributed by atoms with E-state index in [0.717, 1.165) is 26.2 Å². The van der Waals surface area contributed by atoms with Crippen molar-refractivity contribution < 1.29 is 9.90 Å². The third kappa shape index (κ3) is 4.14. The number of carbonyl (C=O) groups is 1. The van der Waals surface area contributed by atoms with Gasteiger partial charge < -0.3 is 14.9 Å². The molecule has 2 rings (SSSR count). The van der Waals surface area contributed by atoms with Crippen molar-refractivity contribution in [2.75, 3.05) is 49.2 Å². The van der Waals surface area contributed by atoms with Crippen molar-refractivity contribution >= 4 is 23.4 Å². The summed E-state index contributed by atoms with van der Waals surface area (Å²) >= 11 is 1.50. The van der Waals surface area contributed by atoms with Crippen LogP contribution in [0.1, 0.15) is 0 Å². The molecule has 5 heteroatoms. The molecule has 0 radical (unpaired) electrons. The Bertz CT molecular complexity index is 392. The Morgan fingerprint density at radius 2 is 1.84 bits per heavy atom. The smallest absolute Gasteiger partial charge is 0.232 e. The molecule has 1 heterocycles. The van der Waals surface area contributed by atoms with E-state index < -0.39 is 0 Å². The van der Waals surface area contributed by atoms with Gasteiger partial charge in [0, 0.05) is 37.6 Å². The predicted octanol–water partition coefficient (Wildman–Crippen LogP) is 1.06. The van der Waals surface area contributed by atoms with Crippen LogP contribution in [-0.2, 0) is 4.79 Å². The van der Waals surface area contributed by atoms with E-state index in [0.29, 0.717) is 11.5 Å². The summed E-state index contributed by atoms with van der Waals surface area (Å²) in [6, 6.07) is 10.3. The van der Waals surface area contributed by atoms with Gasteiger partial charge in [0.2, 0.25) is 5.91 Å². The number of thioether (sulfide) groups is 1. The van der Waals surface area contributed by atoms with Crippen LogP contribution in [0.3, 0.4) is 0 Å². The fraction of sp³-hybridized carbons (Fsp3) is 0.500. The molecule has 0 spiro atoms. The fourth-order valence-corrected chi connectivity index (χ4v) is 2.80. The topological polar surface area (TPSA) is 43.8 Å². The molecule has 1 fully saturated rings. The molecule has 1 aliphatic heterocycles. The molecule has 1 N–H and O–H groups in total. The fourth-order valence-electron chi connectivity index (χ4n) is 2.17. The highest BCUT2D eigenvalue weighted by Gasteiger charge is 2.20. The van der Waals surface area contributed by atoms with E-state index >= 15 is 0 Å². The Morgan fingerprint density at radius 3 is 2.47 bits per heavy atom. The minimum Gasteiger partial charge on any atom is -0.396 e. The molecule has 0 unspecified atom stereocenters. The van der Waals surface area contributed by atoms with E-state index in [9.17, 15) is 4.79 Å². The average molecular weight is 280 g/mol. The highest BCUT2D eigenvalue weighted by atomic mass is 32.2. The van der Waals surface area contributed by atoms with Crippen molar-refractivity contribution in [1.82, 2.24) is 4.90 Å². The van der Waals surface area contributed by atoms with E-state index in [2.05, 4.69) is 17.0 Å². The predicted molar refractivity (Wildman–Crippen MR) is 79.6 cm³/mol. The number of aliphatic hydroxyl groups excluding tert-OH is 1. The lowest BCUT2D eigenvalue weighted by molar-refractivity contribution is -0.128. The number of piperazine rings is 1. The van der Waals surface area contributed by atoms with E-state index in [1.54, 1.807) is 0 Å². The number of rotatable bonds is 5. The van der Waals surface area contributed by atoms with Crippen LogP contribution in [0.5, 0.6) is 0 Å². The van der Waals surface area contributed by atoms with Gasteiger partial charge in [0.15, 0.2) is 0 Å². The van der Waals surface area contributed by atoms with Gasteiger partial charge in [-0.25, -0.2) is 0 Å². The highest BCUT2D eigenvalue weighted by molar-refractivity contribution is 7.99. The molecule has 0 atom stereocenters. The van der Waals surface area contributed by atoms with Crippen LogP contribution in [0.4, 0.5) is 5.69 Å². The lowest BCUT2D eigenvalue weighted by Gasteiger charge is -2.36. The molecule has 0 saturated carbocycles. The summed E-state index contributed by atoms with van der Waals surface area (Å²) in [4.78, 5) is 16.2. The molecule has 0 aliphatic carbocycles. The Labute approximate surface area is 118 Å². The van der Waals surface area contributed by atoms with Gasteiger partial charge in [-0.1, -0.05) is 18.2 Å². The summed E-state index contributed by atoms with van der Waals surface area (Å²) in [7, 11) is 0. The molecule has 1 aliphatic rings. The molecule has 1 saturated heterocycles. The summed E-state index contributed by atoms with van der Waals surface area (Å²) in [5, 5.41) is 8.70. The van der Waals surface area contributed by atoms with Gasteiger partial charge >= 0.3 is 0 Å². The Kier molecular flexibility index (Phi) is 5.54. The van der Waals surface area contributed by atoms with E-state index in [1.807, 2.05) is 23.1 Å². The third-order valence-corrected chi connectivity index (χ3v) is 4.14. The maximum absolute atomic E-state index is 11.9. The van der Waals surface area contributed by atoms with Gasteiger partial charge in [0.25, 0.3) is 0 Å². The van der Waals surface area contributed by atoms with Gasteiger partial charge in [-0.05, 0) is 12.1 Å². The number of para-hydroxylation sites is 1. The standard InChI is InChI=1S/C14H20N2O2S/c17-10-11-19-12-14(18)16-8-6-15(7-9-16)13-4-2-1-3-5-13/h1-5,17H,6-12H2. The quantitative estimate of drug-likeness (QED) is 0.819. The second-order valence-electron chi connectivity index (χ2n) is 4.48. The van der Waals surface area contributed by atoms with Crippen molar-refractivity contribution in [1.29, 1.82) is 0 Å². The summed E-state index contributed by atoms with van der Waals surface area (Å²) in [5.41, 5.74) is 1.23. The summed E-state index contributed by atoms with van der Waals surface area (Å²) in [6.45, 7) is 3.49. The monoisotopic (exact) mass is 280 g/mol. The van der Waals surface area contributed by atoms with Crippen molar-refractivity contribution in [2.45, 2.75) is 0 Å². The first kappa shape index (κ1) is 14.2.